The summed E-state index contributed by atoms with van der Waals surface area (Å²) in [6.07, 6.45) is -1.21. The minimum absolute atomic E-state index is 0.121. The molecule has 2 aliphatic rings. The fourth-order valence-electron chi connectivity index (χ4n) is 4.27. The van der Waals surface area contributed by atoms with E-state index in [1.807, 2.05) is 26.8 Å². The predicted molar refractivity (Wildman–Crippen MR) is 139 cm³/mol. The molecule has 2 saturated heterocycles. The van der Waals surface area contributed by atoms with E-state index < -0.39 is 17.7 Å². The number of aliphatic carboxylic acids is 1. The van der Waals surface area contributed by atoms with Crippen molar-refractivity contribution in [2.75, 3.05) is 50.7 Å². The normalized spacial score (nSPS) is 18.4. The van der Waals surface area contributed by atoms with E-state index in [1.54, 1.807) is 6.21 Å². The molecule has 2 fully saturated rings. The first-order valence-corrected chi connectivity index (χ1v) is 12.7. The molecule has 0 saturated carbocycles. The molecule has 2 heterocycles. The lowest BCUT2D eigenvalue weighted by Crippen LogP contribution is -2.53. The van der Waals surface area contributed by atoms with Crippen molar-refractivity contribution in [1.82, 2.24) is 9.80 Å². The largest absolute Gasteiger partial charge is 0.490 e. The zero-order valence-corrected chi connectivity index (χ0v) is 22.9. The lowest BCUT2D eigenvalue weighted by molar-refractivity contribution is -0.192. The highest BCUT2D eigenvalue weighted by molar-refractivity contribution is 9.10. The number of nitrogens with zero attached hydrogens (tertiary/aromatic N) is 4. The maximum absolute atomic E-state index is 12.1. The molecule has 0 aromatic heterocycles. The zero-order valence-electron chi connectivity index (χ0n) is 21.3. The summed E-state index contributed by atoms with van der Waals surface area (Å²) in [4.78, 5) is 28.2. The van der Waals surface area contributed by atoms with E-state index in [4.69, 9.17) is 20.5 Å². The van der Waals surface area contributed by atoms with Gasteiger partial charge in [0.15, 0.2) is 0 Å². The van der Waals surface area contributed by atoms with E-state index in [0.717, 1.165) is 62.1 Å². The number of halogens is 4. The zero-order chi connectivity index (χ0) is 27.8. The van der Waals surface area contributed by atoms with Crippen molar-refractivity contribution in [3.05, 3.63) is 28.2 Å². The van der Waals surface area contributed by atoms with Crippen LogP contribution in [0.15, 0.2) is 27.8 Å². The Kier molecular flexibility index (Phi) is 11.2. The Morgan fingerprint density at radius 1 is 1.14 bits per heavy atom. The summed E-state index contributed by atoms with van der Waals surface area (Å²) in [5.41, 5.74) is 1.79. The molecule has 208 valence electrons. The van der Waals surface area contributed by atoms with Gasteiger partial charge in [0.1, 0.15) is 5.60 Å². The number of likely N-dealkylation sites (tertiary alicyclic amines) is 1. The summed E-state index contributed by atoms with van der Waals surface area (Å²) in [5.74, 6) is 2.37. The van der Waals surface area contributed by atoms with Crippen molar-refractivity contribution in [3.8, 4) is 0 Å². The highest BCUT2D eigenvalue weighted by Gasteiger charge is 2.38. The maximum atomic E-state index is 12.1. The number of ether oxygens (including phenoxy) is 1. The lowest BCUT2D eigenvalue weighted by atomic mass is 10.0. The van der Waals surface area contributed by atoms with E-state index in [-0.39, 0.29) is 5.97 Å². The van der Waals surface area contributed by atoms with Gasteiger partial charge in [-0.2, -0.15) is 18.3 Å². The first-order chi connectivity index (χ1) is 17.2. The van der Waals surface area contributed by atoms with Gasteiger partial charge in [-0.3, -0.25) is 14.6 Å². The van der Waals surface area contributed by atoms with Gasteiger partial charge in [0, 0.05) is 49.8 Å². The third kappa shape index (κ3) is 10.5. The second-order valence-electron chi connectivity index (χ2n) is 9.91. The molecule has 0 unspecified atom stereocenters. The monoisotopic (exact) mass is 593 g/mol. The quantitative estimate of drug-likeness (QED) is 0.231. The van der Waals surface area contributed by atoms with Crippen LogP contribution in [0.25, 0.3) is 0 Å². The van der Waals surface area contributed by atoms with Crippen molar-refractivity contribution in [3.63, 3.8) is 0 Å². The molecule has 1 aromatic carbocycles. The number of carbonyl (C=O) groups is 2. The molecule has 0 amide bonds. The van der Waals surface area contributed by atoms with Gasteiger partial charge in [0.25, 0.3) is 0 Å². The number of hydrogen-bond acceptors (Lipinski definition) is 8. The van der Waals surface area contributed by atoms with Gasteiger partial charge in [-0.15, -0.1) is 0 Å². The van der Waals surface area contributed by atoms with Gasteiger partial charge in [0.05, 0.1) is 18.4 Å². The summed E-state index contributed by atoms with van der Waals surface area (Å²) < 4.78 is 38.3. The third-order valence-electron chi connectivity index (χ3n) is 5.94. The van der Waals surface area contributed by atoms with Crippen molar-refractivity contribution >= 4 is 39.8 Å². The number of hydrazone groups is 1. The van der Waals surface area contributed by atoms with Gasteiger partial charge >= 0.3 is 18.1 Å². The molecule has 0 bridgehead atoms. The summed E-state index contributed by atoms with van der Waals surface area (Å²) in [6.45, 7) is 12.2. The van der Waals surface area contributed by atoms with Crippen LogP contribution in [0, 0.1) is 0 Å². The highest BCUT2D eigenvalue weighted by atomic mass is 79.9. The summed E-state index contributed by atoms with van der Waals surface area (Å²) >= 11 is 3.69. The Morgan fingerprint density at radius 3 is 2.16 bits per heavy atom. The van der Waals surface area contributed by atoms with Gasteiger partial charge in [-0.05, 0) is 67.2 Å². The summed E-state index contributed by atoms with van der Waals surface area (Å²) in [5, 5.41) is 10.7. The molecule has 9 nitrogen and oxygen atoms in total. The Morgan fingerprint density at radius 2 is 1.70 bits per heavy atom. The van der Waals surface area contributed by atoms with Crippen molar-refractivity contribution in [1.29, 1.82) is 0 Å². The van der Waals surface area contributed by atoms with Crippen LogP contribution in [0.5, 0.6) is 0 Å². The number of rotatable bonds is 5. The van der Waals surface area contributed by atoms with E-state index in [0.29, 0.717) is 12.6 Å². The molecule has 0 atom stereocenters. The minimum Gasteiger partial charge on any atom is -0.475 e. The Hall–Kier alpha value is -2.38. The molecule has 0 radical (unpaired) electrons. The van der Waals surface area contributed by atoms with Crippen LogP contribution in [0.4, 0.5) is 18.9 Å². The van der Waals surface area contributed by atoms with E-state index in [9.17, 15) is 18.0 Å². The molecule has 2 aliphatic heterocycles. The maximum Gasteiger partial charge on any atom is 0.490 e. The summed E-state index contributed by atoms with van der Waals surface area (Å²) in [7, 11) is 0. The molecule has 3 N–H and O–H groups in total. The molecule has 0 spiro atoms. The molecular weight excluding hydrogens is 559 g/mol. The molecule has 37 heavy (non-hydrogen) atoms. The number of hydrogen-bond donors (Lipinski definition) is 2. The number of nitrogens with two attached hydrogens (primary N) is 1. The average Bonchev–Trinajstić information content (AvgIpc) is 2.79. The molecule has 13 heteroatoms. The topological polar surface area (TPSA) is 112 Å². The van der Waals surface area contributed by atoms with Crippen LogP contribution in [0.1, 0.15) is 39.2 Å². The first-order valence-electron chi connectivity index (χ1n) is 12.0. The van der Waals surface area contributed by atoms with Crippen molar-refractivity contribution in [2.45, 2.75) is 51.4 Å². The van der Waals surface area contributed by atoms with Gasteiger partial charge < -0.3 is 20.6 Å². The fraction of sp³-hybridized carbons (Fsp3) is 0.625. The second kappa shape index (κ2) is 13.4. The number of piperazine rings is 1. The number of carbonyl (C=O) groups excluding carboxylic acids is 1. The Bertz CT molecular complexity index is 939. The van der Waals surface area contributed by atoms with Crippen LogP contribution in [0.3, 0.4) is 0 Å². The smallest absolute Gasteiger partial charge is 0.475 e. The predicted octanol–water partition coefficient (Wildman–Crippen LogP) is 3.30. The number of piperidine rings is 1. The Labute approximate surface area is 223 Å². The van der Waals surface area contributed by atoms with Crippen LogP contribution in [0.2, 0.25) is 0 Å². The van der Waals surface area contributed by atoms with E-state index >= 15 is 0 Å². The number of carboxylic acids is 1. The number of alkyl halides is 3. The van der Waals surface area contributed by atoms with Gasteiger partial charge in [-0.1, -0.05) is 6.07 Å². The minimum atomic E-state index is -5.08. The molecule has 0 aliphatic carbocycles. The average molecular weight is 594 g/mol. The number of carboxylic acid groups (broad SMARTS) is 1. The number of esters is 1. The number of anilines is 1. The van der Waals surface area contributed by atoms with Crippen molar-refractivity contribution < 1.29 is 32.6 Å². The first kappa shape index (κ1) is 30.8. The van der Waals surface area contributed by atoms with Crippen LogP contribution >= 0.6 is 15.9 Å². The van der Waals surface area contributed by atoms with Crippen LogP contribution in [-0.4, -0.2) is 96.7 Å². The van der Waals surface area contributed by atoms with Gasteiger partial charge in [0.2, 0.25) is 0 Å². The van der Waals surface area contributed by atoms with Crippen molar-refractivity contribution in [2.24, 2.45) is 10.9 Å². The molecular formula is C24H35BrF3N5O4. The third-order valence-corrected chi connectivity index (χ3v) is 6.57. The van der Waals surface area contributed by atoms with Crippen LogP contribution in [-0.2, 0) is 14.3 Å². The molecule has 1 aromatic rings. The number of benzene rings is 1. The van der Waals surface area contributed by atoms with E-state index in [2.05, 4.69) is 47.9 Å². The van der Waals surface area contributed by atoms with Crippen LogP contribution < -0.4 is 10.7 Å². The Balaban J connectivity index is 0.000000604. The van der Waals surface area contributed by atoms with E-state index in [1.165, 1.54) is 5.69 Å². The summed E-state index contributed by atoms with van der Waals surface area (Å²) in [6, 6.07) is 6.83. The standard InChI is InChI=1S/C22H34BrN5O2.C2HF3O2/c1-22(2,3)30-21(29)16-26-8-6-18(7-9-26)27-10-12-28(13-11-27)20-5-4-17(15-25-24)14-19(20)23;3-2(4,5)1(6)7/h4-5,14-15,18H,6-13,16,24H2,1-3H3;(H,6,7). The van der Waals surface area contributed by atoms with Gasteiger partial charge in [-0.25, -0.2) is 4.79 Å². The highest BCUT2D eigenvalue weighted by Crippen LogP contribution is 2.29. The molecule has 3 rings (SSSR count). The fourth-order valence-corrected chi connectivity index (χ4v) is 4.92. The lowest BCUT2D eigenvalue weighted by Gasteiger charge is -2.43. The SMILES string of the molecule is CC(C)(C)OC(=O)CN1CCC(N2CCN(c3ccc(C=NN)cc3Br)CC2)CC1.O=C(O)C(F)(F)F. The second-order valence-corrected chi connectivity index (χ2v) is 10.8.